The zero-order valence-electron chi connectivity index (χ0n) is 16.3. The van der Waals surface area contributed by atoms with E-state index < -0.39 is 36.4 Å². The second-order valence-electron chi connectivity index (χ2n) is 7.48. The van der Waals surface area contributed by atoms with Gasteiger partial charge in [0.25, 0.3) is 0 Å². The van der Waals surface area contributed by atoms with Gasteiger partial charge in [0, 0.05) is 6.54 Å². The maximum Gasteiger partial charge on any atom is 0.573 e. The van der Waals surface area contributed by atoms with Crippen molar-refractivity contribution >= 4 is 19.2 Å². The number of likely N-dealkylation sites (N-methyl/N-ethyl adjacent to an activating group) is 1. The Morgan fingerprint density at radius 1 is 1.21 bits per heavy atom. The number of hydrogen-bond acceptors (Lipinski definition) is 5. The largest absolute Gasteiger partial charge is 0.573 e. The fraction of sp³-hybridized carbons (Fsp3) is 0.500. The van der Waals surface area contributed by atoms with Gasteiger partial charge in [0.15, 0.2) is 0 Å². The number of carbonyl (C=O) groups is 1. The Morgan fingerprint density at radius 3 is 2.25 bits per heavy atom. The standard InChI is InChI=1S/C18H23BF3NO5/c1-16(2)17(3,4)28-19(27-16)13(10-23-5)7-11-6-12(15(24)25)9-14(8-11)26-18(20,21)22/h6-9,23H,10H2,1-5H3,(H,24,25). The molecule has 28 heavy (non-hydrogen) atoms. The second-order valence-corrected chi connectivity index (χ2v) is 7.48. The van der Waals surface area contributed by atoms with Crippen molar-refractivity contribution in [1.82, 2.24) is 5.32 Å². The molecule has 1 fully saturated rings. The summed E-state index contributed by atoms with van der Waals surface area (Å²) < 4.78 is 53.6. The lowest BCUT2D eigenvalue weighted by Gasteiger charge is -2.32. The van der Waals surface area contributed by atoms with E-state index in [0.29, 0.717) is 12.0 Å². The van der Waals surface area contributed by atoms with Gasteiger partial charge in [-0.05, 0) is 64.0 Å². The monoisotopic (exact) mass is 401 g/mol. The molecule has 1 aromatic carbocycles. The Kier molecular flexibility index (Phi) is 6.17. The molecule has 0 unspecified atom stereocenters. The van der Waals surface area contributed by atoms with Crippen LogP contribution in [0.1, 0.15) is 43.6 Å². The van der Waals surface area contributed by atoms with E-state index in [4.69, 9.17) is 9.31 Å². The highest BCUT2D eigenvalue weighted by molar-refractivity contribution is 6.55. The summed E-state index contributed by atoms with van der Waals surface area (Å²) in [6.45, 7) is 7.84. The smallest absolute Gasteiger partial charge is 0.478 e. The molecule has 1 aliphatic heterocycles. The third-order valence-electron chi connectivity index (χ3n) is 4.70. The average molecular weight is 401 g/mol. The first-order chi connectivity index (χ1) is 12.7. The Labute approximate surface area is 161 Å². The van der Waals surface area contributed by atoms with Gasteiger partial charge in [0.1, 0.15) is 5.75 Å². The summed E-state index contributed by atoms with van der Waals surface area (Å²) in [5, 5.41) is 12.2. The number of alkyl halides is 3. The van der Waals surface area contributed by atoms with Crippen molar-refractivity contribution in [2.24, 2.45) is 0 Å². The summed E-state index contributed by atoms with van der Waals surface area (Å²) >= 11 is 0. The van der Waals surface area contributed by atoms with E-state index in [2.05, 4.69) is 10.1 Å². The molecule has 1 saturated heterocycles. The third-order valence-corrected chi connectivity index (χ3v) is 4.70. The van der Waals surface area contributed by atoms with Gasteiger partial charge in [-0.2, -0.15) is 0 Å². The maximum atomic E-state index is 12.6. The number of benzene rings is 1. The zero-order chi connectivity index (χ0) is 21.3. The van der Waals surface area contributed by atoms with Crippen LogP contribution in [0.2, 0.25) is 0 Å². The molecule has 1 aromatic rings. The summed E-state index contributed by atoms with van der Waals surface area (Å²) in [6, 6.07) is 3.19. The number of aromatic carboxylic acids is 1. The van der Waals surface area contributed by atoms with E-state index in [1.165, 1.54) is 12.1 Å². The zero-order valence-corrected chi connectivity index (χ0v) is 16.3. The van der Waals surface area contributed by atoms with Crippen LogP contribution < -0.4 is 10.1 Å². The van der Waals surface area contributed by atoms with Gasteiger partial charge >= 0.3 is 19.5 Å². The summed E-state index contributed by atoms with van der Waals surface area (Å²) in [6.07, 6.45) is -3.40. The Hall–Kier alpha value is -2.04. The molecule has 0 aromatic heterocycles. The minimum atomic E-state index is -4.93. The lowest BCUT2D eigenvalue weighted by Crippen LogP contribution is -2.41. The van der Waals surface area contributed by atoms with Crippen molar-refractivity contribution in [1.29, 1.82) is 0 Å². The van der Waals surface area contributed by atoms with Gasteiger partial charge in [0.2, 0.25) is 0 Å². The van der Waals surface area contributed by atoms with Crippen molar-refractivity contribution in [2.45, 2.75) is 45.3 Å². The lowest BCUT2D eigenvalue weighted by atomic mass is 9.77. The minimum absolute atomic E-state index is 0.221. The predicted octanol–water partition coefficient (Wildman–Crippen LogP) is 3.52. The molecular formula is C18H23BF3NO5. The van der Waals surface area contributed by atoms with Gasteiger partial charge in [0.05, 0.1) is 16.8 Å². The molecule has 154 valence electrons. The Balaban J connectivity index is 2.45. The molecule has 0 amide bonds. The molecule has 0 radical (unpaired) electrons. The summed E-state index contributed by atoms with van der Waals surface area (Å²) in [5.41, 5.74) is -0.706. The fourth-order valence-electron chi connectivity index (χ4n) is 2.64. The van der Waals surface area contributed by atoms with Crippen LogP contribution >= 0.6 is 0 Å². The van der Waals surface area contributed by atoms with Gasteiger partial charge in [-0.15, -0.1) is 13.2 Å². The molecule has 0 bridgehead atoms. The van der Waals surface area contributed by atoms with Crippen LogP contribution in [0.25, 0.3) is 6.08 Å². The molecule has 0 aliphatic carbocycles. The van der Waals surface area contributed by atoms with Crippen LogP contribution in [-0.4, -0.2) is 49.4 Å². The van der Waals surface area contributed by atoms with E-state index in [9.17, 15) is 23.1 Å². The highest BCUT2D eigenvalue weighted by Crippen LogP contribution is 2.39. The van der Waals surface area contributed by atoms with Crippen LogP contribution in [0.15, 0.2) is 23.7 Å². The summed E-state index contributed by atoms with van der Waals surface area (Å²) in [4.78, 5) is 11.3. The van der Waals surface area contributed by atoms with E-state index in [-0.39, 0.29) is 11.1 Å². The van der Waals surface area contributed by atoms with Crippen LogP contribution in [0, 0.1) is 0 Å². The normalized spacial score (nSPS) is 19.0. The number of carboxylic acids is 1. The highest BCUT2D eigenvalue weighted by atomic mass is 19.4. The third kappa shape index (κ3) is 5.27. The first-order valence-electron chi connectivity index (χ1n) is 8.59. The van der Waals surface area contributed by atoms with Gasteiger partial charge in [-0.1, -0.05) is 6.08 Å². The van der Waals surface area contributed by atoms with Crippen molar-refractivity contribution in [3.05, 3.63) is 34.8 Å². The quantitative estimate of drug-likeness (QED) is 0.711. The second kappa shape index (κ2) is 7.77. The topological polar surface area (TPSA) is 77.0 Å². The van der Waals surface area contributed by atoms with E-state index >= 15 is 0 Å². The van der Waals surface area contributed by atoms with Crippen LogP contribution in [0.5, 0.6) is 5.75 Å². The fourth-order valence-corrected chi connectivity index (χ4v) is 2.64. The summed E-state index contributed by atoms with van der Waals surface area (Å²) in [5.74, 6) is -1.98. The summed E-state index contributed by atoms with van der Waals surface area (Å²) in [7, 11) is 0.961. The van der Waals surface area contributed by atoms with Crippen molar-refractivity contribution in [3.8, 4) is 5.75 Å². The predicted molar refractivity (Wildman–Crippen MR) is 98.1 cm³/mol. The number of nitrogens with one attached hydrogen (secondary N) is 1. The molecule has 0 spiro atoms. The molecule has 2 N–H and O–H groups in total. The lowest BCUT2D eigenvalue weighted by molar-refractivity contribution is -0.274. The minimum Gasteiger partial charge on any atom is -0.478 e. The molecule has 0 saturated carbocycles. The molecule has 1 aliphatic rings. The van der Waals surface area contributed by atoms with Crippen LogP contribution in [-0.2, 0) is 9.31 Å². The molecule has 10 heteroatoms. The van der Waals surface area contributed by atoms with Gasteiger partial charge in [-0.25, -0.2) is 4.79 Å². The molecule has 0 atom stereocenters. The molecule has 1 heterocycles. The Morgan fingerprint density at radius 2 is 1.79 bits per heavy atom. The maximum absolute atomic E-state index is 12.6. The number of carboxylic acid groups (broad SMARTS) is 1. The van der Waals surface area contributed by atoms with Crippen molar-refractivity contribution < 1.29 is 37.1 Å². The van der Waals surface area contributed by atoms with E-state index in [1.54, 1.807) is 7.05 Å². The van der Waals surface area contributed by atoms with Gasteiger partial charge in [-0.3, -0.25) is 0 Å². The number of rotatable bonds is 6. The number of hydrogen-bond donors (Lipinski definition) is 2. The molecular weight excluding hydrogens is 378 g/mol. The van der Waals surface area contributed by atoms with Crippen molar-refractivity contribution in [3.63, 3.8) is 0 Å². The van der Waals surface area contributed by atoms with Crippen LogP contribution in [0.3, 0.4) is 0 Å². The van der Waals surface area contributed by atoms with Crippen LogP contribution in [0.4, 0.5) is 13.2 Å². The number of halogens is 3. The SMILES string of the molecule is CNCC(=Cc1cc(OC(F)(F)F)cc(C(=O)O)c1)B1OC(C)(C)C(C)(C)O1. The first-order valence-corrected chi connectivity index (χ1v) is 8.59. The average Bonchev–Trinajstić information content (AvgIpc) is 2.73. The van der Waals surface area contributed by atoms with E-state index in [0.717, 1.165) is 12.1 Å². The molecule has 2 rings (SSSR count). The first kappa shape index (κ1) is 22.3. The highest BCUT2D eigenvalue weighted by Gasteiger charge is 2.52. The van der Waals surface area contributed by atoms with Crippen molar-refractivity contribution in [2.75, 3.05) is 13.6 Å². The van der Waals surface area contributed by atoms with E-state index in [1.807, 2.05) is 27.7 Å². The number of ether oxygens (including phenoxy) is 1. The molecule has 6 nitrogen and oxygen atoms in total. The van der Waals surface area contributed by atoms with Gasteiger partial charge < -0.3 is 24.5 Å². The Bertz CT molecular complexity index is 761.